The molecule has 0 radical (unpaired) electrons. The summed E-state index contributed by atoms with van der Waals surface area (Å²) in [6.07, 6.45) is 6.58. The van der Waals surface area contributed by atoms with Gasteiger partial charge in [-0.3, -0.25) is 4.79 Å². The van der Waals surface area contributed by atoms with Crippen LogP contribution in [0.5, 0.6) is 0 Å². The molecule has 28 heavy (non-hydrogen) atoms. The van der Waals surface area contributed by atoms with Crippen LogP contribution in [0.15, 0.2) is 85.1 Å². The van der Waals surface area contributed by atoms with Gasteiger partial charge in [0.1, 0.15) is 0 Å². The molecule has 0 saturated heterocycles. The number of nitrogens with zero attached hydrogens (tertiary/aromatic N) is 2. The quantitative estimate of drug-likeness (QED) is 0.488. The molecule has 0 spiro atoms. The van der Waals surface area contributed by atoms with Gasteiger partial charge < -0.3 is 9.47 Å². The van der Waals surface area contributed by atoms with Crippen molar-refractivity contribution in [2.24, 2.45) is 0 Å². The first-order valence-electron chi connectivity index (χ1n) is 9.89. The Labute approximate surface area is 167 Å². The van der Waals surface area contributed by atoms with Crippen molar-refractivity contribution in [1.82, 2.24) is 9.47 Å². The minimum atomic E-state index is 0.0469. The Morgan fingerprint density at radius 3 is 2.36 bits per heavy atom. The monoisotopic (exact) mass is 372 g/mol. The van der Waals surface area contributed by atoms with Crippen LogP contribution in [-0.4, -0.2) is 21.4 Å². The first-order valence-corrected chi connectivity index (χ1v) is 9.89. The number of benzene rings is 2. The van der Waals surface area contributed by atoms with Crippen molar-refractivity contribution in [3.8, 4) is 0 Å². The van der Waals surface area contributed by atoms with E-state index in [1.807, 2.05) is 47.4 Å². The summed E-state index contributed by atoms with van der Waals surface area (Å²) in [6.45, 7) is 5.64. The molecule has 0 aliphatic rings. The molecule has 3 heteroatoms. The molecule has 0 saturated carbocycles. The summed E-state index contributed by atoms with van der Waals surface area (Å²) in [5.41, 5.74) is 3.43. The van der Waals surface area contributed by atoms with Crippen LogP contribution >= 0.6 is 0 Å². The van der Waals surface area contributed by atoms with Crippen molar-refractivity contribution < 1.29 is 4.79 Å². The van der Waals surface area contributed by atoms with Crippen molar-refractivity contribution >= 4 is 12.0 Å². The van der Waals surface area contributed by atoms with Crippen LogP contribution in [0.4, 0.5) is 0 Å². The van der Waals surface area contributed by atoms with Crippen molar-refractivity contribution in [3.63, 3.8) is 0 Å². The zero-order chi connectivity index (χ0) is 19.8. The maximum Gasteiger partial charge on any atom is 0.247 e. The van der Waals surface area contributed by atoms with Crippen LogP contribution in [0.3, 0.4) is 0 Å². The van der Waals surface area contributed by atoms with Crippen LogP contribution in [0, 0.1) is 0 Å². The maximum absolute atomic E-state index is 12.9. The molecule has 0 bridgehead atoms. The summed E-state index contributed by atoms with van der Waals surface area (Å²) in [7, 11) is 0. The summed E-state index contributed by atoms with van der Waals surface area (Å²) in [5, 5.41) is 0. The lowest BCUT2D eigenvalue weighted by atomic mass is 10.1. The summed E-state index contributed by atoms with van der Waals surface area (Å²) in [5.74, 6) is 0.0469. The summed E-state index contributed by atoms with van der Waals surface area (Å²) >= 11 is 0. The average molecular weight is 373 g/mol. The Morgan fingerprint density at radius 2 is 1.68 bits per heavy atom. The maximum atomic E-state index is 12.9. The van der Waals surface area contributed by atoms with E-state index in [1.165, 1.54) is 5.56 Å². The van der Waals surface area contributed by atoms with E-state index in [9.17, 15) is 4.79 Å². The predicted octanol–water partition coefficient (Wildman–Crippen LogP) is 5.38. The summed E-state index contributed by atoms with van der Waals surface area (Å²) in [6, 6.07) is 24.7. The molecular weight excluding hydrogens is 344 g/mol. The third kappa shape index (κ3) is 5.23. The fourth-order valence-corrected chi connectivity index (χ4v) is 3.20. The van der Waals surface area contributed by atoms with E-state index in [-0.39, 0.29) is 11.9 Å². The van der Waals surface area contributed by atoms with Crippen molar-refractivity contribution in [2.75, 3.05) is 0 Å². The fourth-order valence-electron chi connectivity index (χ4n) is 3.20. The number of aromatic nitrogens is 1. The highest BCUT2D eigenvalue weighted by Crippen LogP contribution is 2.15. The Hall–Kier alpha value is -3.07. The highest BCUT2D eigenvalue weighted by atomic mass is 16.2. The minimum absolute atomic E-state index is 0.0469. The molecule has 1 heterocycles. The molecule has 1 aromatic heterocycles. The molecule has 1 amide bonds. The number of carbonyl (C=O) groups excluding carboxylic acids is 1. The molecule has 1 unspecified atom stereocenters. The van der Waals surface area contributed by atoms with Crippen LogP contribution in [0.25, 0.3) is 6.08 Å². The van der Waals surface area contributed by atoms with Crippen LogP contribution in [-0.2, 0) is 17.9 Å². The van der Waals surface area contributed by atoms with Gasteiger partial charge in [-0.15, -0.1) is 0 Å². The van der Waals surface area contributed by atoms with Gasteiger partial charge in [0, 0.05) is 30.6 Å². The van der Waals surface area contributed by atoms with E-state index >= 15 is 0 Å². The molecule has 0 aliphatic heterocycles. The smallest absolute Gasteiger partial charge is 0.247 e. The molecule has 1 atom stereocenters. The van der Waals surface area contributed by atoms with Gasteiger partial charge in [0.25, 0.3) is 0 Å². The Morgan fingerprint density at radius 1 is 1.00 bits per heavy atom. The zero-order valence-electron chi connectivity index (χ0n) is 16.7. The minimum Gasteiger partial charge on any atom is -0.345 e. The van der Waals surface area contributed by atoms with Gasteiger partial charge >= 0.3 is 0 Å². The first-order chi connectivity index (χ1) is 13.7. The van der Waals surface area contributed by atoms with E-state index in [0.717, 1.165) is 24.2 Å². The normalized spacial score (nSPS) is 12.2. The van der Waals surface area contributed by atoms with Gasteiger partial charge in [0.2, 0.25) is 5.91 Å². The molecule has 0 fully saturated rings. The number of hydrogen-bond donors (Lipinski definition) is 0. The Kier molecular flexibility index (Phi) is 6.85. The summed E-state index contributed by atoms with van der Waals surface area (Å²) < 4.78 is 2.22. The molecule has 3 aromatic rings. The van der Waals surface area contributed by atoms with E-state index in [0.29, 0.717) is 6.54 Å². The topological polar surface area (TPSA) is 25.2 Å². The lowest BCUT2D eigenvalue weighted by molar-refractivity contribution is -0.128. The second kappa shape index (κ2) is 9.75. The van der Waals surface area contributed by atoms with Crippen LogP contribution in [0.1, 0.15) is 37.1 Å². The molecule has 2 aromatic carbocycles. The second-order valence-corrected chi connectivity index (χ2v) is 7.08. The highest BCUT2D eigenvalue weighted by Gasteiger charge is 2.18. The van der Waals surface area contributed by atoms with Gasteiger partial charge in [-0.25, -0.2) is 0 Å². The fraction of sp³-hybridized carbons (Fsp3) is 0.240. The van der Waals surface area contributed by atoms with Crippen LogP contribution in [0.2, 0.25) is 0 Å². The van der Waals surface area contributed by atoms with E-state index < -0.39 is 0 Å². The number of amides is 1. The standard InChI is InChI=1S/C25H28N2O/c1-3-21(2)27(25(28)17-16-22-11-6-4-7-12-22)20-24-15-10-18-26(24)19-23-13-8-5-9-14-23/h4-18,21H,3,19-20H2,1-2H3. The summed E-state index contributed by atoms with van der Waals surface area (Å²) in [4.78, 5) is 14.9. The molecular formula is C25H28N2O. The lowest BCUT2D eigenvalue weighted by Crippen LogP contribution is -2.37. The molecule has 0 N–H and O–H groups in total. The van der Waals surface area contributed by atoms with Crippen molar-refractivity contribution in [2.45, 2.75) is 39.4 Å². The number of carbonyl (C=O) groups is 1. The van der Waals surface area contributed by atoms with Gasteiger partial charge in [-0.2, -0.15) is 0 Å². The highest BCUT2D eigenvalue weighted by molar-refractivity contribution is 5.91. The Balaban J connectivity index is 1.75. The van der Waals surface area contributed by atoms with Gasteiger partial charge in [-0.05, 0) is 42.7 Å². The molecule has 0 aliphatic carbocycles. The first kappa shape index (κ1) is 19.7. The molecule has 144 valence electrons. The van der Waals surface area contributed by atoms with Crippen LogP contribution < -0.4 is 0 Å². The van der Waals surface area contributed by atoms with Gasteiger partial charge in [0.15, 0.2) is 0 Å². The zero-order valence-corrected chi connectivity index (χ0v) is 16.7. The van der Waals surface area contributed by atoms with Crippen molar-refractivity contribution in [3.05, 3.63) is 102 Å². The SMILES string of the molecule is CCC(C)N(Cc1cccn1Cc1ccccc1)C(=O)C=Cc1ccccc1. The van der Waals surface area contributed by atoms with E-state index in [1.54, 1.807) is 6.08 Å². The predicted molar refractivity (Wildman–Crippen MR) is 116 cm³/mol. The van der Waals surface area contributed by atoms with Crippen molar-refractivity contribution in [1.29, 1.82) is 0 Å². The lowest BCUT2D eigenvalue weighted by Gasteiger charge is -2.28. The third-order valence-electron chi connectivity index (χ3n) is 5.08. The number of rotatable bonds is 8. The average Bonchev–Trinajstić information content (AvgIpc) is 3.17. The number of hydrogen-bond acceptors (Lipinski definition) is 1. The van der Waals surface area contributed by atoms with E-state index in [2.05, 4.69) is 61.0 Å². The van der Waals surface area contributed by atoms with Gasteiger partial charge in [-0.1, -0.05) is 67.6 Å². The second-order valence-electron chi connectivity index (χ2n) is 7.08. The van der Waals surface area contributed by atoms with E-state index in [4.69, 9.17) is 0 Å². The molecule has 3 rings (SSSR count). The van der Waals surface area contributed by atoms with Gasteiger partial charge in [0.05, 0.1) is 6.54 Å². The third-order valence-corrected chi connectivity index (χ3v) is 5.08. The Bertz CT molecular complexity index is 897. The molecule has 3 nitrogen and oxygen atoms in total. The largest absolute Gasteiger partial charge is 0.345 e.